The Labute approximate surface area is 79.3 Å². The smallest absolute Gasteiger partial charge is 0.154 e. The Bertz CT molecular complexity index is 338. The Kier molecular flexibility index (Phi) is 3.14. The molecule has 0 N–H and O–H groups in total. The fraction of sp³-hybridized carbons (Fsp3) is 0.556. The predicted molar refractivity (Wildman–Crippen MR) is 53.4 cm³/mol. The highest BCUT2D eigenvalue weighted by Crippen LogP contribution is 2.02. The lowest BCUT2D eigenvalue weighted by molar-refractivity contribution is 0.580. The van der Waals surface area contributed by atoms with Crippen molar-refractivity contribution in [1.29, 1.82) is 0 Å². The molecule has 1 aromatic rings. The van der Waals surface area contributed by atoms with Gasteiger partial charge in [-0.15, -0.1) is 0 Å². The van der Waals surface area contributed by atoms with Crippen molar-refractivity contribution < 1.29 is 8.42 Å². The van der Waals surface area contributed by atoms with Gasteiger partial charge in [-0.05, 0) is 26.0 Å². The van der Waals surface area contributed by atoms with Crippen molar-refractivity contribution in [1.82, 2.24) is 4.57 Å². The molecule has 0 unspecified atom stereocenters. The monoisotopic (exact) mass is 201 g/mol. The highest BCUT2D eigenvalue weighted by molar-refractivity contribution is 7.91. The molecule has 13 heavy (non-hydrogen) atoms. The van der Waals surface area contributed by atoms with Crippen molar-refractivity contribution in [2.75, 3.05) is 5.75 Å². The summed E-state index contributed by atoms with van der Waals surface area (Å²) in [6, 6.07) is 3.78. The standard InChI is InChI=1S/C9H15NO2S/c1-9(2)13(11,12)8-7-10-5-3-4-6-10/h3-6,9H,7-8H2,1-2H3. The van der Waals surface area contributed by atoms with Gasteiger partial charge in [0.2, 0.25) is 0 Å². The van der Waals surface area contributed by atoms with Gasteiger partial charge in [-0.3, -0.25) is 0 Å². The molecule has 0 fully saturated rings. The lowest BCUT2D eigenvalue weighted by atomic mass is 10.6. The molecule has 0 radical (unpaired) electrons. The quantitative estimate of drug-likeness (QED) is 0.736. The molecule has 74 valence electrons. The summed E-state index contributed by atoms with van der Waals surface area (Å²) in [5.41, 5.74) is 0. The van der Waals surface area contributed by atoms with Crippen molar-refractivity contribution in [3.63, 3.8) is 0 Å². The molecule has 0 aromatic carbocycles. The number of aryl methyl sites for hydroxylation is 1. The first-order valence-electron chi connectivity index (χ1n) is 4.35. The minimum absolute atomic E-state index is 0.222. The predicted octanol–water partition coefficient (Wildman–Crippen LogP) is 1.31. The summed E-state index contributed by atoms with van der Waals surface area (Å²) in [5, 5.41) is -0.275. The molecule has 0 atom stereocenters. The van der Waals surface area contributed by atoms with Crippen LogP contribution in [0.1, 0.15) is 13.8 Å². The molecule has 1 aromatic heterocycles. The fourth-order valence-electron chi connectivity index (χ4n) is 0.988. The second kappa shape index (κ2) is 3.96. The van der Waals surface area contributed by atoms with E-state index in [1.54, 1.807) is 13.8 Å². The zero-order valence-corrected chi connectivity index (χ0v) is 8.79. The van der Waals surface area contributed by atoms with Crippen molar-refractivity contribution in [2.24, 2.45) is 0 Å². The number of hydrogen-bond acceptors (Lipinski definition) is 2. The molecule has 4 heteroatoms. The van der Waals surface area contributed by atoms with Gasteiger partial charge < -0.3 is 4.57 Å². The number of nitrogens with zero attached hydrogens (tertiary/aromatic N) is 1. The average Bonchev–Trinajstić information content (AvgIpc) is 2.52. The maximum Gasteiger partial charge on any atom is 0.154 e. The van der Waals surface area contributed by atoms with Gasteiger partial charge in [0, 0.05) is 18.9 Å². The molecule has 3 nitrogen and oxygen atoms in total. The number of rotatable bonds is 4. The second-order valence-corrected chi connectivity index (χ2v) is 6.01. The zero-order valence-electron chi connectivity index (χ0n) is 7.97. The fourth-order valence-corrected chi connectivity index (χ4v) is 1.92. The normalized spacial score (nSPS) is 12.2. The average molecular weight is 201 g/mol. The van der Waals surface area contributed by atoms with Crippen LogP contribution in [0.2, 0.25) is 0 Å². The van der Waals surface area contributed by atoms with E-state index in [1.165, 1.54) is 0 Å². The molecule has 0 spiro atoms. The van der Waals surface area contributed by atoms with E-state index in [2.05, 4.69) is 0 Å². The molecule has 0 saturated carbocycles. The van der Waals surface area contributed by atoms with Crippen LogP contribution >= 0.6 is 0 Å². The van der Waals surface area contributed by atoms with Crippen LogP contribution in [-0.4, -0.2) is 24.0 Å². The van der Waals surface area contributed by atoms with Crippen molar-refractivity contribution in [2.45, 2.75) is 25.6 Å². The molecule has 0 aliphatic heterocycles. The summed E-state index contributed by atoms with van der Waals surface area (Å²) in [6.45, 7) is 3.98. The van der Waals surface area contributed by atoms with Gasteiger partial charge in [-0.2, -0.15) is 0 Å². The summed E-state index contributed by atoms with van der Waals surface area (Å²) < 4.78 is 24.7. The first kappa shape index (κ1) is 10.3. The van der Waals surface area contributed by atoms with E-state index in [1.807, 2.05) is 29.1 Å². The molecule has 0 aliphatic rings. The molecular weight excluding hydrogens is 186 g/mol. The first-order chi connectivity index (χ1) is 6.02. The van der Waals surface area contributed by atoms with Crippen LogP contribution in [0.15, 0.2) is 24.5 Å². The minimum Gasteiger partial charge on any atom is -0.353 e. The van der Waals surface area contributed by atoms with E-state index in [-0.39, 0.29) is 11.0 Å². The SMILES string of the molecule is CC(C)S(=O)(=O)CCn1cccc1. The lowest BCUT2D eigenvalue weighted by Crippen LogP contribution is -2.20. The van der Waals surface area contributed by atoms with Crippen LogP contribution in [-0.2, 0) is 16.4 Å². The largest absolute Gasteiger partial charge is 0.353 e. The first-order valence-corrected chi connectivity index (χ1v) is 6.06. The van der Waals surface area contributed by atoms with E-state index < -0.39 is 9.84 Å². The highest BCUT2D eigenvalue weighted by atomic mass is 32.2. The Morgan fingerprint density at radius 2 is 1.77 bits per heavy atom. The van der Waals surface area contributed by atoms with Crippen LogP contribution in [0.4, 0.5) is 0 Å². The summed E-state index contributed by atoms with van der Waals surface area (Å²) in [4.78, 5) is 0. The van der Waals surface area contributed by atoms with Crippen LogP contribution in [0.25, 0.3) is 0 Å². The van der Waals surface area contributed by atoms with Crippen molar-refractivity contribution >= 4 is 9.84 Å². The van der Waals surface area contributed by atoms with E-state index >= 15 is 0 Å². The van der Waals surface area contributed by atoms with Gasteiger partial charge in [0.15, 0.2) is 9.84 Å². The maximum absolute atomic E-state index is 11.4. The second-order valence-electron chi connectivity index (χ2n) is 3.34. The summed E-state index contributed by atoms with van der Waals surface area (Å²) >= 11 is 0. The number of hydrogen-bond donors (Lipinski definition) is 0. The Morgan fingerprint density at radius 1 is 1.23 bits per heavy atom. The van der Waals surface area contributed by atoms with Crippen LogP contribution in [0, 0.1) is 0 Å². The number of sulfone groups is 1. The van der Waals surface area contributed by atoms with Gasteiger partial charge >= 0.3 is 0 Å². The van der Waals surface area contributed by atoms with Gasteiger partial charge in [0.1, 0.15) is 0 Å². The summed E-state index contributed by atoms with van der Waals surface area (Å²) in [7, 11) is -2.90. The topological polar surface area (TPSA) is 39.1 Å². The van der Waals surface area contributed by atoms with Crippen molar-refractivity contribution in [3.8, 4) is 0 Å². The van der Waals surface area contributed by atoms with Crippen LogP contribution in [0.3, 0.4) is 0 Å². The lowest BCUT2D eigenvalue weighted by Gasteiger charge is -2.07. The molecule has 0 amide bonds. The Balaban J connectivity index is 2.53. The minimum atomic E-state index is -2.90. The molecule has 1 heterocycles. The molecule has 1 rings (SSSR count). The zero-order chi connectivity index (χ0) is 9.90. The third-order valence-corrected chi connectivity index (χ3v) is 4.21. The van der Waals surface area contributed by atoms with E-state index in [0.717, 1.165) is 0 Å². The van der Waals surface area contributed by atoms with E-state index in [9.17, 15) is 8.42 Å². The van der Waals surface area contributed by atoms with Gasteiger partial charge in [0.05, 0.1) is 11.0 Å². The van der Waals surface area contributed by atoms with E-state index in [4.69, 9.17) is 0 Å². The molecule has 0 saturated heterocycles. The van der Waals surface area contributed by atoms with E-state index in [0.29, 0.717) is 6.54 Å². The third-order valence-electron chi connectivity index (χ3n) is 2.02. The van der Waals surface area contributed by atoms with Gasteiger partial charge in [0.25, 0.3) is 0 Å². The van der Waals surface area contributed by atoms with Crippen LogP contribution in [0.5, 0.6) is 0 Å². The van der Waals surface area contributed by atoms with Crippen LogP contribution < -0.4 is 0 Å². The Hall–Kier alpha value is -0.770. The van der Waals surface area contributed by atoms with Gasteiger partial charge in [-0.25, -0.2) is 8.42 Å². The van der Waals surface area contributed by atoms with Gasteiger partial charge in [-0.1, -0.05) is 0 Å². The molecular formula is C9H15NO2S. The van der Waals surface area contributed by atoms with Crippen molar-refractivity contribution in [3.05, 3.63) is 24.5 Å². The highest BCUT2D eigenvalue weighted by Gasteiger charge is 2.15. The maximum atomic E-state index is 11.4. The molecule has 0 aliphatic carbocycles. The number of aromatic nitrogens is 1. The third kappa shape index (κ3) is 2.88. The summed E-state index contributed by atoms with van der Waals surface area (Å²) in [6.07, 6.45) is 3.74. The Morgan fingerprint density at radius 3 is 2.23 bits per heavy atom. The summed E-state index contributed by atoms with van der Waals surface area (Å²) in [5.74, 6) is 0.222. The molecule has 0 bridgehead atoms.